The van der Waals surface area contributed by atoms with Gasteiger partial charge in [0.25, 0.3) is 5.91 Å². The SMILES string of the molecule is COc1cc2ccnc(O[C@@H]3C[C@H]4C(=O)N[C@]5(C(=O)NS(=O)(=O)C6(C)CC6)C[C@H]5/C=C\CC[C@@H](C)O[C@@H](C)[C@H](NC(=O)OC(C)(C)C(F)(F)F)C(=O)N4C3)c2cc1F. The summed E-state index contributed by atoms with van der Waals surface area (Å²) in [6.45, 7) is 5.55. The number of fused-ring (bicyclic) bond motifs is 3. The van der Waals surface area contributed by atoms with Gasteiger partial charge in [-0.2, -0.15) is 13.2 Å². The maximum atomic E-state index is 14.9. The summed E-state index contributed by atoms with van der Waals surface area (Å²) in [5, 5.41) is 5.67. The highest BCUT2D eigenvalue weighted by molar-refractivity contribution is 7.91. The number of halogens is 4. The molecule has 0 spiro atoms. The van der Waals surface area contributed by atoms with Crippen molar-refractivity contribution in [3.8, 4) is 11.6 Å². The number of nitrogens with one attached hydrogen (secondary N) is 3. The number of alkyl carbamates (subject to hydrolysis) is 1. The fourth-order valence-electron chi connectivity index (χ4n) is 7.11. The molecule has 318 valence electrons. The molecule has 20 heteroatoms. The van der Waals surface area contributed by atoms with E-state index in [1.807, 2.05) is 0 Å². The van der Waals surface area contributed by atoms with Crippen LogP contribution in [0.2, 0.25) is 0 Å². The molecule has 6 rings (SSSR count). The van der Waals surface area contributed by atoms with E-state index >= 15 is 0 Å². The van der Waals surface area contributed by atoms with Gasteiger partial charge in [0.1, 0.15) is 23.7 Å². The monoisotopic (exact) mass is 841 g/mol. The number of pyridine rings is 1. The fraction of sp³-hybridized carbons (Fsp3) is 0.605. The third-order valence-corrected chi connectivity index (χ3v) is 13.5. The van der Waals surface area contributed by atoms with E-state index in [2.05, 4.69) is 20.3 Å². The van der Waals surface area contributed by atoms with E-state index in [0.29, 0.717) is 44.9 Å². The summed E-state index contributed by atoms with van der Waals surface area (Å²) in [7, 11) is -2.82. The number of carbonyl (C=O) groups is 4. The lowest BCUT2D eigenvalue weighted by Gasteiger charge is -2.34. The number of methoxy groups -OCH3 is 1. The van der Waals surface area contributed by atoms with Gasteiger partial charge in [0.15, 0.2) is 11.6 Å². The number of carbonyl (C=O) groups excluding carboxylic acids is 4. The first kappa shape index (κ1) is 42.9. The van der Waals surface area contributed by atoms with Gasteiger partial charge in [-0.3, -0.25) is 19.1 Å². The number of hydrogen-bond acceptors (Lipinski definition) is 11. The summed E-state index contributed by atoms with van der Waals surface area (Å²) in [5.74, 6) is -4.21. The molecule has 7 atom stereocenters. The number of rotatable bonds is 8. The van der Waals surface area contributed by atoms with Crippen molar-refractivity contribution in [2.75, 3.05) is 13.7 Å². The molecule has 2 saturated carbocycles. The first-order valence-electron chi connectivity index (χ1n) is 18.9. The molecule has 3 fully saturated rings. The van der Waals surface area contributed by atoms with Crippen molar-refractivity contribution < 1.29 is 64.1 Å². The Bertz CT molecular complexity index is 2110. The van der Waals surface area contributed by atoms with Crippen LogP contribution < -0.4 is 24.8 Å². The van der Waals surface area contributed by atoms with Gasteiger partial charge in [-0.25, -0.2) is 22.6 Å². The molecule has 15 nitrogen and oxygen atoms in total. The predicted octanol–water partition coefficient (Wildman–Crippen LogP) is 4.18. The number of benzene rings is 1. The lowest BCUT2D eigenvalue weighted by molar-refractivity contribution is -0.244. The number of hydrogen-bond donors (Lipinski definition) is 3. The van der Waals surface area contributed by atoms with Crippen molar-refractivity contribution in [3.05, 3.63) is 42.4 Å². The molecular weight excluding hydrogens is 795 g/mol. The van der Waals surface area contributed by atoms with Crippen LogP contribution in [-0.2, 0) is 33.9 Å². The minimum absolute atomic E-state index is 0.0368. The summed E-state index contributed by atoms with van der Waals surface area (Å²) >= 11 is 0. The summed E-state index contributed by atoms with van der Waals surface area (Å²) in [6, 6.07) is 1.02. The van der Waals surface area contributed by atoms with Crippen LogP contribution in [0.25, 0.3) is 10.8 Å². The average Bonchev–Trinajstić information content (AvgIpc) is 4.01. The zero-order valence-corrected chi connectivity index (χ0v) is 33.6. The highest BCUT2D eigenvalue weighted by Gasteiger charge is 2.63. The van der Waals surface area contributed by atoms with Crippen LogP contribution in [0.5, 0.6) is 11.6 Å². The molecular formula is C38H47F4N5O10S. The molecule has 4 amide bonds. The van der Waals surface area contributed by atoms with Gasteiger partial charge in [-0.15, -0.1) is 0 Å². The topological polar surface area (TPSA) is 192 Å². The Kier molecular flexibility index (Phi) is 11.4. The Morgan fingerprint density at radius 1 is 1.14 bits per heavy atom. The van der Waals surface area contributed by atoms with E-state index in [0.717, 1.165) is 11.0 Å². The second-order valence-electron chi connectivity index (χ2n) is 16.1. The van der Waals surface area contributed by atoms with Crippen molar-refractivity contribution in [2.45, 2.75) is 126 Å². The maximum Gasteiger partial charge on any atom is 0.427 e. The van der Waals surface area contributed by atoms with Gasteiger partial charge < -0.3 is 34.5 Å². The molecule has 1 saturated heterocycles. The van der Waals surface area contributed by atoms with Crippen molar-refractivity contribution >= 4 is 44.6 Å². The van der Waals surface area contributed by atoms with Crippen molar-refractivity contribution in [3.63, 3.8) is 0 Å². The highest BCUT2D eigenvalue weighted by Crippen LogP contribution is 2.47. The molecule has 58 heavy (non-hydrogen) atoms. The molecule has 2 aromatic rings. The van der Waals surface area contributed by atoms with E-state index in [-0.39, 0.29) is 36.4 Å². The molecule has 2 aliphatic heterocycles. The number of allylic oxidation sites excluding steroid dienone is 1. The summed E-state index contributed by atoms with van der Waals surface area (Å²) < 4.78 is 105. The summed E-state index contributed by atoms with van der Waals surface area (Å²) in [4.78, 5) is 61.3. The second-order valence-corrected chi connectivity index (χ2v) is 18.3. The molecule has 4 aliphatic rings. The number of aromatic nitrogens is 1. The van der Waals surface area contributed by atoms with Gasteiger partial charge in [0.2, 0.25) is 33.3 Å². The second kappa shape index (κ2) is 15.5. The third kappa shape index (κ3) is 8.53. The largest absolute Gasteiger partial charge is 0.494 e. The van der Waals surface area contributed by atoms with Gasteiger partial charge in [-0.1, -0.05) is 12.2 Å². The van der Waals surface area contributed by atoms with Crippen molar-refractivity contribution in [1.29, 1.82) is 0 Å². The van der Waals surface area contributed by atoms with Crippen LogP contribution >= 0.6 is 0 Å². The Balaban J connectivity index is 1.36. The van der Waals surface area contributed by atoms with Gasteiger partial charge in [0.05, 0.1) is 30.6 Å². The summed E-state index contributed by atoms with van der Waals surface area (Å²) in [5.41, 5.74) is -4.67. The minimum atomic E-state index is -4.97. The Hall–Kier alpha value is -4.72. The Morgan fingerprint density at radius 3 is 2.50 bits per heavy atom. The fourth-order valence-corrected chi connectivity index (χ4v) is 8.42. The van der Waals surface area contributed by atoms with E-state index < -0.39 is 98.0 Å². The molecule has 0 unspecified atom stereocenters. The highest BCUT2D eigenvalue weighted by atomic mass is 32.2. The number of amides is 4. The van der Waals surface area contributed by atoms with Crippen LogP contribution in [0.3, 0.4) is 0 Å². The first-order valence-corrected chi connectivity index (χ1v) is 20.4. The molecule has 3 N–H and O–H groups in total. The van der Waals surface area contributed by atoms with Gasteiger partial charge >= 0.3 is 12.3 Å². The molecule has 1 aromatic heterocycles. The molecule has 0 bridgehead atoms. The smallest absolute Gasteiger partial charge is 0.427 e. The third-order valence-electron chi connectivity index (χ3n) is 11.3. The Morgan fingerprint density at radius 2 is 1.84 bits per heavy atom. The number of alkyl halides is 3. The predicted molar refractivity (Wildman–Crippen MR) is 198 cm³/mol. The van der Waals surface area contributed by atoms with E-state index in [1.165, 1.54) is 33.2 Å². The zero-order valence-electron chi connectivity index (χ0n) is 32.8. The van der Waals surface area contributed by atoms with Gasteiger partial charge in [0, 0.05) is 23.9 Å². The van der Waals surface area contributed by atoms with Crippen LogP contribution in [0, 0.1) is 11.7 Å². The first-order chi connectivity index (χ1) is 27.0. The quantitative estimate of drug-likeness (QED) is 0.255. The van der Waals surface area contributed by atoms with Crippen LogP contribution in [0.1, 0.15) is 73.1 Å². The summed E-state index contributed by atoms with van der Waals surface area (Å²) in [6.07, 6.45) is -3.22. The van der Waals surface area contributed by atoms with E-state index in [4.69, 9.17) is 18.9 Å². The standard InChI is InChI=1S/C38H47F4N5O10S/c1-20-9-7-8-10-23-18-37(23,33(50)46-58(52,53)36(5)12-13-36)45-30(48)27-16-24(56-31-25-17-26(39)28(54-6)15-22(25)11-14-43-31)19-47(27)32(49)29(21(2)55-20)44-34(51)57-35(3,4)38(40,41)42/h8,10-11,14-15,17,20-21,23-24,27,29H,7,9,12-13,16,18-19H2,1-6H3,(H,44,51)(H,45,48)(H,46,50)/b10-8-/t20-,21+,23-,24-,27+,29+,37-/m1/s1. The number of nitrogens with zero attached hydrogens (tertiary/aromatic N) is 2. The van der Waals surface area contributed by atoms with E-state index in [1.54, 1.807) is 25.1 Å². The maximum absolute atomic E-state index is 14.9. The average molecular weight is 842 g/mol. The van der Waals surface area contributed by atoms with Crippen LogP contribution in [0.4, 0.5) is 22.4 Å². The lowest BCUT2D eigenvalue weighted by Crippen LogP contribution is -2.60. The molecule has 2 aliphatic carbocycles. The minimum Gasteiger partial charge on any atom is -0.494 e. The van der Waals surface area contributed by atoms with Crippen molar-refractivity contribution in [1.82, 2.24) is 25.2 Å². The molecule has 0 radical (unpaired) electrons. The molecule has 1 aromatic carbocycles. The van der Waals surface area contributed by atoms with Crippen LogP contribution in [-0.4, -0.2) is 108 Å². The molecule has 3 heterocycles. The number of ether oxygens (including phenoxy) is 4. The lowest BCUT2D eigenvalue weighted by atomic mass is 10.1. The number of sulfonamides is 1. The Labute approximate surface area is 332 Å². The van der Waals surface area contributed by atoms with Crippen LogP contribution in [0.15, 0.2) is 36.5 Å². The zero-order chi connectivity index (χ0) is 42.6. The van der Waals surface area contributed by atoms with Crippen molar-refractivity contribution in [2.24, 2.45) is 5.92 Å². The normalized spacial score (nSPS) is 29.4. The van der Waals surface area contributed by atoms with Gasteiger partial charge in [-0.05, 0) is 90.3 Å². The van der Waals surface area contributed by atoms with E-state index in [9.17, 15) is 45.2 Å².